The molecule has 0 atom stereocenters. The molecule has 4 aromatic rings. The molecule has 0 saturated heterocycles. The summed E-state index contributed by atoms with van der Waals surface area (Å²) in [5, 5.41) is 4.46. The van der Waals surface area contributed by atoms with Crippen molar-refractivity contribution in [1.82, 2.24) is 23.5 Å². The van der Waals surface area contributed by atoms with Crippen LogP contribution in [0.1, 0.15) is 17.0 Å². The SMILES string of the molecule is Cc1cc2ncc3c(n2n1)CCN(S(=O)(=O)c1ccc2oc(=O)n(C)c2c1)C3. The molecule has 0 bridgehead atoms. The highest BCUT2D eigenvalue weighted by atomic mass is 32.2. The predicted molar refractivity (Wildman–Crippen MR) is 100 cm³/mol. The Labute approximate surface area is 159 Å². The summed E-state index contributed by atoms with van der Waals surface area (Å²) in [6.07, 6.45) is 2.26. The van der Waals surface area contributed by atoms with Gasteiger partial charge in [-0.15, -0.1) is 0 Å². The van der Waals surface area contributed by atoms with E-state index in [1.54, 1.807) is 17.8 Å². The standard InChI is InChI=1S/C18H17N5O4S/c1-11-7-17-19-9-12-10-22(6-5-14(12)23(17)20-11)28(25,26)13-3-4-16-15(8-13)21(2)18(24)27-16/h3-4,7-9H,5-6,10H2,1-2H3. The molecule has 4 heterocycles. The first-order valence-corrected chi connectivity index (χ1v) is 10.2. The van der Waals surface area contributed by atoms with E-state index >= 15 is 0 Å². The number of aromatic nitrogens is 4. The molecule has 144 valence electrons. The van der Waals surface area contributed by atoms with Gasteiger partial charge in [0.2, 0.25) is 10.0 Å². The number of benzene rings is 1. The maximum Gasteiger partial charge on any atom is 0.419 e. The smallest absolute Gasteiger partial charge is 0.408 e. The number of nitrogens with zero attached hydrogens (tertiary/aromatic N) is 5. The van der Waals surface area contributed by atoms with Crippen LogP contribution in [0.2, 0.25) is 0 Å². The van der Waals surface area contributed by atoms with Crippen molar-refractivity contribution in [3.8, 4) is 0 Å². The van der Waals surface area contributed by atoms with Gasteiger partial charge in [-0.05, 0) is 25.1 Å². The highest BCUT2D eigenvalue weighted by Gasteiger charge is 2.30. The van der Waals surface area contributed by atoms with Crippen molar-refractivity contribution in [2.45, 2.75) is 24.8 Å². The summed E-state index contributed by atoms with van der Waals surface area (Å²) >= 11 is 0. The summed E-state index contributed by atoms with van der Waals surface area (Å²) in [6, 6.07) is 6.35. The van der Waals surface area contributed by atoms with E-state index in [1.165, 1.54) is 27.1 Å². The van der Waals surface area contributed by atoms with Gasteiger partial charge in [0.25, 0.3) is 0 Å². The number of hydrogen-bond donors (Lipinski definition) is 0. The van der Waals surface area contributed by atoms with Crippen LogP contribution >= 0.6 is 0 Å². The first-order valence-electron chi connectivity index (χ1n) is 8.77. The minimum absolute atomic E-state index is 0.129. The number of hydrogen-bond acceptors (Lipinski definition) is 6. The van der Waals surface area contributed by atoms with Gasteiger partial charge in [0.05, 0.1) is 21.8 Å². The third-order valence-electron chi connectivity index (χ3n) is 5.14. The van der Waals surface area contributed by atoms with Gasteiger partial charge in [-0.2, -0.15) is 9.40 Å². The molecule has 0 amide bonds. The molecule has 0 saturated carbocycles. The summed E-state index contributed by atoms with van der Waals surface area (Å²) in [5.41, 5.74) is 4.25. The van der Waals surface area contributed by atoms with E-state index in [1.807, 2.05) is 13.0 Å². The van der Waals surface area contributed by atoms with Crippen LogP contribution in [0.15, 0.2) is 44.6 Å². The third-order valence-corrected chi connectivity index (χ3v) is 6.98. The topological polar surface area (TPSA) is 103 Å². The van der Waals surface area contributed by atoms with Crippen LogP contribution in [0.25, 0.3) is 16.7 Å². The fraction of sp³-hybridized carbons (Fsp3) is 0.278. The Bertz CT molecular complexity index is 1410. The lowest BCUT2D eigenvalue weighted by Gasteiger charge is -2.28. The van der Waals surface area contributed by atoms with Crippen molar-refractivity contribution in [3.63, 3.8) is 0 Å². The number of fused-ring (bicyclic) bond motifs is 4. The lowest BCUT2D eigenvalue weighted by Crippen LogP contribution is -2.37. The van der Waals surface area contributed by atoms with Crippen LogP contribution in [0.3, 0.4) is 0 Å². The Morgan fingerprint density at radius 3 is 2.86 bits per heavy atom. The van der Waals surface area contributed by atoms with E-state index in [4.69, 9.17) is 4.42 Å². The Kier molecular flexibility index (Phi) is 3.52. The summed E-state index contributed by atoms with van der Waals surface area (Å²) in [5.74, 6) is -0.527. The normalized spacial score (nSPS) is 15.4. The van der Waals surface area contributed by atoms with Crippen LogP contribution < -0.4 is 5.76 Å². The van der Waals surface area contributed by atoms with Gasteiger partial charge in [-0.25, -0.2) is 22.7 Å². The molecule has 0 aliphatic carbocycles. The van der Waals surface area contributed by atoms with Crippen molar-refractivity contribution >= 4 is 26.8 Å². The average Bonchev–Trinajstić information content (AvgIpc) is 3.20. The van der Waals surface area contributed by atoms with Gasteiger partial charge in [-0.1, -0.05) is 0 Å². The summed E-state index contributed by atoms with van der Waals surface area (Å²) < 4.78 is 36.0. The molecule has 1 aromatic carbocycles. The van der Waals surface area contributed by atoms with Crippen LogP contribution in [-0.2, 0) is 30.0 Å². The molecule has 1 aliphatic heterocycles. The van der Waals surface area contributed by atoms with Crippen LogP contribution in [0.4, 0.5) is 0 Å². The molecule has 0 radical (unpaired) electrons. The zero-order valence-corrected chi connectivity index (χ0v) is 16.1. The number of rotatable bonds is 2. The van der Waals surface area contributed by atoms with Gasteiger partial charge >= 0.3 is 5.76 Å². The maximum atomic E-state index is 13.2. The van der Waals surface area contributed by atoms with Gasteiger partial charge in [0.15, 0.2) is 11.2 Å². The van der Waals surface area contributed by atoms with E-state index in [-0.39, 0.29) is 11.4 Å². The number of aryl methyl sites for hydroxylation is 2. The van der Waals surface area contributed by atoms with Crippen LogP contribution in [0.5, 0.6) is 0 Å². The number of oxazole rings is 1. The zero-order chi connectivity index (χ0) is 19.6. The Hall–Kier alpha value is -2.98. The number of sulfonamides is 1. The van der Waals surface area contributed by atoms with E-state index in [0.29, 0.717) is 24.1 Å². The van der Waals surface area contributed by atoms with E-state index < -0.39 is 15.8 Å². The summed E-state index contributed by atoms with van der Waals surface area (Å²) in [6.45, 7) is 2.47. The molecule has 3 aromatic heterocycles. The second-order valence-electron chi connectivity index (χ2n) is 6.93. The molecule has 28 heavy (non-hydrogen) atoms. The second-order valence-corrected chi connectivity index (χ2v) is 8.87. The molecule has 9 nitrogen and oxygen atoms in total. The van der Waals surface area contributed by atoms with Gasteiger partial charge in [-0.3, -0.25) is 4.57 Å². The molecule has 0 spiro atoms. The fourth-order valence-electron chi connectivity index (χ4n) is 3.65. The summed E-state index contributed by atoms with van der Waals surface area (Å²) in [4.78, 5) is 16.2. The first kappa shape index (κ1) is 17.1. The maximum absolute atomic E-state index is 13.2. The monoisotopic (exact) mass is 399 g/mol. The molecule has 0 unspecified atom stereocenters. The predicted octanol–water partition coefficient (Wildman–Crippen LogP) is 1.23. The average molecular weight is 399 g/mol. The Morgan fingerprint density at radius 1 is 1.21 bits per heavy atom. The lowest BCUT2D eigenvalue weighted by atomic mass is 10.1. The minimum Gasteiger partial charge on any atom is -0.408 e. The molecule has 1 aliphatic rings. The van der Waals surface area contributed by atoms with Crippen LogP contribution in [-0.4, -0.2) is 38.4 Å². The zero-order valence-electron chi connectivity index (χ0n) is 15.3. The Balaban J connectivity index is 1.55. The van der Waals surface area contributed by atoms with Crippen molar-refractivity contribution in [3.05, 3.63) is 58.0 Å². The lowest BCUT2D eigenvalue weighted by molar-refractivity contribution is 0.384. The van der Waals surface area contributed by atoms with E-state index in [9.17, 15) is 13.2 Å². The molecule has 0 fully saturated rings. The van der Waals surface area contributed by atoms with Gasteiger partial charge in [0, 0.05) is 44.4 Å². The van der Waals surface area contributed by atoms with Crippen LogP contribution in [0, 0.1) is 6.92 Å². The van der Waals surface area contributed by atoms with Gasteiger partial charge < -0.3 is 4.42 Å². The second kappa shape index (κ2) is 5.76. The van der Waals surface area contributed by atoms with Crippen molar-refractivity contribution < 1.29 is 12.8 Å². The largest absolute Gasteiger partial charge is 0.419 e. The third kappa shape index (κ3) is 2.41. The van der Waals surface area contributed by atoms with Gasteiger partial charge in [0.1, 0.15) is 0 Å². The molecule has 0 N–H and O–H groups in total. The minimum atomic E-state index is -3.73. The Morgan fingerprint density at radius 2 is 2.04 bits per heavy atom. The molecular weight excluding hydrogens is 382 g/mol. The quantitative estimate of drug-likeness (QED) is 0.502. The fourth-order valence-corrected chi connectivity index (χ4v) is 5.09. The van der Waals surface area contributed by atoms with Crippen molar-refractivity contribution in [2.75, 3.05) is 6.54 Å². The van der Waals surface area contributed by atoms with E-state index in [2.05, 4.69) is 10.1 Å². The highest BCUT2D eigenvalue weighted by molar-refractivity contribution is 7.89. The first-order chi connectivity index (χ1) is 13.3. The molecular formula is C18H17N5O4S. The molecule has 10 heteroatoms. The molecule has 5 rings (SSSR count). The summed E-state index contributed by atoms with van der Waals surface area (Å²) in [7, 11) is -2.19. The van der Waals surface area contributed by atoms with E-state index in [0.717, 1.165) is 22.6 Å². The van der Waals surface area contributed by atoms with Crippen molar-refractivity contribution in [2.24, 2.45) is 7.05 Å². The highest BCUT2D eigenvalue weighted by Crippen LogP contribution is 2.27. The van der Waals surface area contributed by atoms with Crippen molar-refractivity contribution in [1.29, 1.82) is 0 Å².